The summed E-state index contributed by atoms with van der Waals surface area (Å²) in [5, 5.41) is 2.55. The molecule has 21 heavy (non-hydrogen) atoms. The van der Waals surface area contributed by atoms with Crippen LogP contribution in [-0.2, 0) is 0 Å². The lowest BCUT2D eigenvalue weighted by atomic mass is 9.97. The maximum Gasteiger partial charge on any atom is 0.133 e. The van der Waals surface area contributed by atoms with Crippen molar-refractivity contribution in [2.75, 3.05) is 0 Å². The van der Waals surface area contributed by atoms with Crippen LogP contribution in [0.25, 0.3) is 33.2 Å². The van der Waals surface area contributed by atoms with Gasteiger partial charge >= 0.3 is 0 Å². The van der Waals surface area contributed by atoms with Gasteiger partial charge in [0.2, 0.25) is 0 Å². The van der Waals surface area contributed by atoms with Crippen LogP contribution in [0.4, 0.5) is 0 Å². The Morgan fingerprint density at radius 3 is 2.14 bits per heavy atom. The van der Waals surface area contributed by atoms with Crippen LogP contribution in [0.5, 0.6) is 0 Å². The van der Waals surface area contributed by atoms with Crippen molar-refractivity contribution >= 4 is 10.8 Å². The molecule has 1 heteroatoms. The van der Waals surface area contributed by atoms with Gasteiger partial charge in [-0.15, -0.1) is 0 Å². The van der Waals surface area contributed by atoms with Gasteiger partial charge in [0.25, 0.3) is 0 Å². The molecule has 0 radical (unpaired) electrons. The fourth-order valence-electron chi connectivity index (χ4n) is 2.73. The van der Waals surface area contributed by atoms with Gasteiger partial charge in [-0.05, 0) is 34.0 Å². The van der Waals surface area contributed by atoms with E-state index in [1.807, 2.05) is 12.1 Å². The van der Waals surface area contributed by atoms with Crippen molar-refractivity contribution in [2.45, 2.75) is 0 Å². The van der Waals surface area contributed by atoms with Crippen LogP contribution in [-0.4, -0.2) is 0 Å². The van der Waals surface area contributed by atoms with E-state index in [0.29, 0.717) is 0 Å². The van der Waals surface area contributed by atoms with Crippen molar-refractivity contribution in [1.29, 1.82) is 0 Å². The fraction of sp³-hybridized carbons (Fsp3) is 0. The molecule has 3 aromatic carbocycles. The molecule has 0 aliphatic carbocycles. The molecular weight excluding hydrogens is 256 g/mol. The number of furan rings is 1. The van der Waals surface area contributed by atoms with E-state index in [4.69, 9.17) is 4.42 Å². The molecule has 1 heterocycles. The predicted octanol–water partition coefficient (Wildman–Crippen LogP) is 5.77. The highest BCUT2D eigenvalue weighted by atomic mass is 16.3. The number of rotatable bonds is 2. The first-order chi connectivity index (χ1) is 10.4. The second-order valence-corrected chi connectivity index (χ2v) is 5.08. The lowest BCUT2D eigenvalue weighted by Crippen LogP contribution is -1.81. The van der Waals surface area contributed by atoms with E-state index in [1.165, 1.54) is 21.9 Å². The Hall–Kier alpha value is -2.80. The van der Waals surface area contributed by atoms with Crippen LogP contribution in [0.2, 0.25) is 0 Å². The van der Waals surface area contributed by atoms with Crippen molar-refractivity contribution in [3.8, 4) is 22.5 Å². The zero-order valence-electron chi connectivity index (χ0n) is 11.5. The summed E-state index contributed by atoms with van der Waals surface area (Å²) in [5.74, 6) is 0.902. The summed E-state index contributed by atoms with van der Waals surface area (Å²) in [7, 11) is 0. The topological polar surface area (TPSA) is 13.1 Å². The average molecular weight is 270 g/mol. The summed E-state index contributed by atoms with van der Waals surface area (Å²) in [6.07, 6.45) is 1.70. The minimum atomic E-state index is 0.902. The van der Waals surface area contributed by atoms with Crippen LogP contribution in [0.3, 0.4) is 0 Å². The standard InChI is InChI=1S/C20H14O/c1-2-7-18-15(5-1)6-3-8-19(18)16-10-12-17(13-11-16)20-9-4-14-21-20/h1-14H. The molecular formula is C20H14O. The van der Waals surface area contributed by atoms with E-state index in [1.54, 1.807) is 6.26 Å². The highest BCUT2D eigenvalue weighted by Gasteiger charge is 2.05. The quantitative estimate of drug-likeness (QED) is 0.451. The molecule has 0 saturated heterocycles. The Morgan fingerprint density at radius 1 is 0.571 bits per heavy atom. The van der Waals surface area contributed by atoms with Gasteiger partial charge < -0.3 is 4.42 Å². The molecule has 4 rings (SSSR count). The van der Waals surface area contributed by atoms with Gasteiger partial charge in [-0.3, -0.25) is 0 Å². The first-order valence-corrected chi connectivity index (χ1v) is 7.04. The Balaban J connectivity index is 1.82. The Labute approximate surface area is 123 Å². The minimum absolute atomic E-state index is 0.902. The monoisotopic (exact) mass is 270 g/mol. The second kappa shape index (κ2) is 4.95. The van der Waals surface area contributed by atoms with Crippen molar-refractivity contribution < 1.29 is 4.42 Å². The van der Waals surface area contributed by atoms with Crippen molar-refractivity contribution in [3.05, 3.63) is 85.1 Å². The normalized spacial score (nSPS) is 10.9. The van der Waals surface area contributed by atoms with Crippen LogP contribution in [0.15, 0.2) is 89.5 Å². The van der Waals surface area contributed by atoms with Crippen molar-refractivity contribution in [2.24, 2.45) is 0 Å². The number of fused-ring (bicyclic) bond motifs is 1. The van der Waals surface area contributed by atoms with E-state index in [0.717, 1.165) is 11.3 Å². The van der Waals surface area contributed by atoms with Gasteiger partial charge in [-0.1, -0.05) is 66.7 Å². The largest absolute Gasteiger partial charge is 0.464 e. The number of hydrogen-bond donors (Lipinski definition) is 0. The smallest absolute Gasteiger partial charge is 0.133 e. The molecule has 0 spiro atoms. The van der Waals surface area contributed by atoms with Gasteiger partial charge in [0, 0.05) is 5.56 Å². The lowest BCUT2D eigenvalue weighted by Gasteiger charge is -2.07. The van der Waals surface area contributed by atoms with E-state index >= 15 is 0 Å². The van der Waals surface area contributed by atoms with Crippen molar-refractivity contribution in [3.63, 3.8) is 0 Å². The van der Waals surface area contributed by atoms with Gasteiger partial charge in [0.15, 0.2) is 0 Å². The highest BCUT2D eigenvalue weighted by molar-refractivity contribution is 5.96. The predicted molar refractivity (Wildman–Crippen MR) is 87.1 cm³/mol. The summed E-state index contributed by atoms with van der Waals surface area (Å²) < 4.78 is 5.44. The summed E-state index contributed by atoms with van der Waals surface area (Å²) in [5.41, 5.74) is 3.59. The van der Waals surface area contributed by atoms with Crippen LogP contribution in [0, 0.1) is 0 Å². The minimum Gasteiger partial charge on any atom is -0.464 e. The van der Waals surface area contributed by atoms with Crippen LogP contribution in [0.1, 0.15) is 0 Å². The van der Waals surface area contributed by atoms with E-state index in [-0.39, 0.29) is 0 Å². The Morgan fingerprint density at radius 2 is 1.33 bits per heavy atom. The molecule has 0 bridgehead atoms. The van der Waals surface area contributed by atoms with Gasteiger partial charge in [0.1, 0.15) is 5.76 Å². The zero-order chi connectivity index (χ0) is 14.1. The summed E-state index contributed by atoms with van der Waals surface area (Å²) >= 11 is 0. The first kappa shape index (κ1) is 12.0. The van der Waals surface area contributed by atoms with E-state index < -0.39 is 0 Å². The second-order valence-electron chi connectivity index (χ2n) is 5.08. The molecule has 0 amide bonds. The maximum atomic E-state index is 5.44. The molecule has 0 N–H and O–H groups in total. The molecule has 0 aliphatic heterocycles. The highest BCUT2D eigenvalue weighted by Crippen LogP contribution is 2.30. The number of benzene rings is 3. The summed E-state index contributed by atoms with van der Waals surface area (Å²) in [6, 6.07) is 27.3. The Kier molecular flexibility index (Phi) is 2.82. The molecule has 0 aliphatic rings. The fourth-order valence-corrected chi connectivity index (χ4v) is 2.73. The van der Waals surface area contributed by atoms with Crippen LogP contribution >= 0.6 is 0 Å². The third kappa shape index (κ3) is 2.13. The molecule has 0 fully saturated rings. The molecule has 0 unspecified atom stereocenters. The number of hydrogen-bond acceptors (Lipinski definition) is 1. The summed E-state index contributed by atoms with van der Waals surface area (Å²) in [4.78, 5) is 0. The Bertz CT molecular complexity index is 866. The van der Waals surface area contributed by atoms with Gasteiger partial charge in [-0.2, -0.15) is 0 Å². The lowest BCUT2D eigenvalue weighted by molar-refractivity contribution is 0.582. The third-order valence-electron chi connectivity index (χ3n) is 3.79. The molecule has 1 nitrogen and oxygen atoms in total. The molecule has 1 aromatic heterocycles. The summed E-state index contributed by atoms with van der Waals surface area (Å²) in [6.45, 7) is 0. The molecule has 4 aromatic rings. The van der Waals surface area contributed by atoms with Crippen molar-refractivity contribution in [1.82, 2.24) is 0 Å². The van der Waals surface area contributed by atoms with Gasteiger partial charge in [0.05, 0.1) is 6.26 Å². The molecule has 0 saturated carbocycles. The molecule has 100 valence electrons. The first-order valence-electron chi connectivity index (χ1n) is 7.04. The van der Waals surface area contributed by atoms with E-state index in [9.17, 15) is 0 Å². The van der Waals surface area contributed by atoms with Crippen LogP contribution < -0.4 is 0 Å². The third-order valence-corrected chi connectivity index (χ3v) is 3.79. The zero-order valence-corrected chi connectivity index (χ0v) is 11.5. The van der Waals surface area contributed by atoms with Gasteiger partial charge in [-0.25, -0.2) is 0 Å². The van der Waals surface area contributed by atoms with E-state index in [2.05, 4.69) is 66.7 Å². The SMILES string of the molecule is c1coc(-c2ccc(-c3cccc4ccccc34)cc2)c1. The molecule has 0 atom stereocenters. The average Bonchev–Trinajstić information content (AvgIpc) is 3.09. The maximum absolute atomic E-state index is 5.44.